The van der Waals surface area contributed by atoms with E-state index >= 15 is 0 Å². The Morgan fingerprint density at radius 3 is 0.805 bits per heavy atom. The Morgan fingerprint density at radius 2 is 0.506 bits per heavy atom. The largest absolute Gasteiger partial charge is 0.462 e. The number of hydrogen-bond donors (Lipinski definition) is 0. The van der Waals surface area contributed by atoms with Gasteiger partial charge >= 0.3 is 17.9 Å². The predicted molar refractivity (Wildman–Crippen MR) is 334 cm³/mol. The van der Waals surface area contributed by atoms with Crippen LogP contribution in [0.5, 0.6) is 0 Å². The molecule has 0 aromatic rings. The fourth-order valence-corrected chi connectivity index (χ4v) is 8.36. The summed E-state index contributed by atoms with van der Waals surface area (Å²) in [5.41, 5.74) is 0. The Bertz CT molecular complexity index is 1650. The van der Waals surface area contributed by atoms with Crippen LogP contribution in [-0.4, -0.2) is 37.2 Å². The first-order valence-corrected chi connectivity index (χ1v) is 31.7. The number of carbonyl (C=O) groups is 3. The lowest BCUT2D eigenvalue weighted by Crippen LogP contribution is -2.30. The van der Waals surface area contributed by atoms with E-state index < -0.39 is 6.10 Å². The molecule has 0 radical (unpaired) electrons. The third-order valence-electron chi connectivity index (χ3n) is 13.1. The molecular formula is C71H116O6. The Morgan fingerprint density at radius 1 is 0.273 bits per heavy atom. The van der Waals surface area contributed by atoms with Crippen molar-refractivity contribution in [3.63, 3.8) is 0 Å². The van der Waals surface area contributed by atoms with Crippen LogP contribution in [0.15, 0.2) is 134 Å². The van der Waals surface area contributed by atoms with Crippen molar-refractivity contribution in [2.24, 2.45) is 0 Å². The van der Waals surface area contributed by atoms with Crippen molar-refractivity contribution < 1.29 is 28.6 Å². The molecule has 0 aliphatic carbocycles. The van der Waals surface area contributed by atoms with Crippen molar-refractivity contribution >= 4 is 17.9 Å². The maximum Gasteiger partial charge on any atom is 0.306 e. The first-order valence-electron chi connectivity index (χ1n) is 31.7. The van der Waals surface area contributed by atoms with Gasteiger partial charge in [-0.3, -0.25) is 14.4 Å². The standard InChI is InChI=1S/C71H116O6/c1-4-7-10-13-16-19-22-25-28-31-32-33-34-35-36-37-38-41-43-46-49-52-55-58-61-64-70(73)76-67-68(77-71(74)65-62-59-56-53-50-47-44-40-30-27-24-21-18-15-12-9-6-3)66-75-69(72)63-60-57-54-51-48-45-42-39-29-26-23-20-17-14-11-8-5-2/h7,10,16-21,25-30,32-33,35-36,38,41,46,49,68H,4-6,8-9,11-15,22-24,31,34,37,39-40,42-45,47-48,50-67H2,1-3H3/b10-7-,19-16-,20-17-,21-18-,28-25-,29-26-,30-27-,33-32-,36-35-,41-38-,49-46-. The lowest BCUT2D eigenvalue weighted by molar-refractivity contribution is -0.167. The number of esters is 3. The molecule has 436 valence electrons. The van der Waals surface area contributed by atoms with E-state index in [0.717, 1.165) is 135 Å². The van der Waals surface area contributed by atoms with Gasteiger partial charge in [0, 0.05) is 19.3 Å². The molecule has 0 heterocycles. The number of allylic oxidation sites excluding steroid dienone is 22. The van der Waals surface area contributed by atoms with Crippen molar-refractivity contribution in [2.75, 3.05) is 13.2 Å². The lowest BCUT2D eigenvalue weighted by atomic mass is 10.1. The molecule has 0 N–H and O–H groups in total. The smallest absolute Gasteiger partial charge is 0.306 e. The number of ether oxygens (including phenoxy) is 3. The average molecular weight is 1070 g/mol. The summed E-state index contributed by atoms with van der Waals surface area (Å²) in [4.78, 5) is 38.3. The van der Waals surface area contributed by atoms with Crippen LogP contribution in [0.3, 0.4) is 0 Å². The minimum atomic E-state index is -0.806. The third-order valence-corrected chi connectivity index (χ3v) is 13.1. The molecule has 1 atom stereocenters. The molecule has 0 aliphatic heterocycles. The molecule has 0 saturated carbocycles. The van der Waals surface area contributed by atoms with Crippen LogP contribution in [0.1, 0.15) is 278 Å². The molecule has 0 amide bonds. The number of carbonyl (C=O) groups excluding carboxylic acids is 3. The predicted octanol–water partition coefficient (Wildman–Crippen LogP) is 21.8. The average Bonchev–Trinajstić information content (AvgIpc) is 3.43. The highest BCUT2D eigenvalue weighted by Gasteiger charge is 2.19. The third kappa shape index (κ3) is 62.3. The van der Waals surface area contributed by atoms with Gasteiger partial charge in [-0.2, -0.15) is 0 Å². The zero-order valence-corrected chi connectivity index (χ0v) is 49.9. The molecule has 6 heteroatoms. The molecule has 77 heavy (non-hydrogen) atoms. The second-order valence-electron chi connectivity index (χ2n) is 20.6. The van der Waals surface area contributed by atoms with Crippen LogP contribution in [0, 0.1) is 0 Å². The van der Waals surface area contributed by atoms with Crippen molar-refractivity contribution in [2.45, 2.75) is 284 Å². The molecule has 0 aromatic carbocycles. The quantitative estimate of drug-likeness (QED) is 0.0261. The zero-order chi connectivity index (χ0) is 55.7. The lowest BCUT2D eigenvalue weighted by Gasteiger charge is -2.18. The second kappa shape index (κ2) is 64.1. The van der Waals surface area contributed by atoms with Gasteiger partial charge in [-0.05, 0) is 141 Å². The van der Waals surface area contributed by atoms with E-state index in [1.165, 1.54) is 103 Å². The van der Waals surface area contributed by atoms with Gasteiger partial charge in [-0.1, -0.05) is 251 Å². The molecule has 0 saturated heterocycles. The Balaban J connectivity index is 4.48. The van der Waals surface area contributed by atoms with E-state index in [2.05, 4.69) is 154 Å². The van der Waals surface area contributed by atoms with Gasteiger partial charge in [-0.15, -0.1) is 0 Å². The normalized spacial score (nSPS) is 13.0. The maximum absolute atomic E-state index is 12.9. The summed E-state index contributed by atoms with van der Waals surface area (Å²) < 4.78 is 16.9. The summed E-state index contributed by atoms with van der Waals surface area (Å²) in [6, 6.07) is 0. The Labute approximate surface area is 475 Å². The first-order chi connectivity index (χ1) is 38.0. The van der Waals surface area contributed by atoms with Crippen LogP contribution >= 0.6 is 0 Å². The summed E-state index contributed by atoms with van der Waals surface area (Å²) in [5, 5.41) is 0. The number of hydrogen-bond acceptors (Lipinski definition) is 6. The summed E-state index contributed by atoms with van der Waals surface area (Å²) >= 11 is 0. The fourth-order valence-electron chi connectivity index (χ4n) is 8.36. The fraction of sp³-hybridized carbons (Fsp3) is 0.648. The first kappa shape index (κ1) is 72.5. The Kier molecular flexibility index (Phi) is 60.4. The molecule has 0 aromatic heterocycles. The molecule has 0 spiro atoms. The van der Waals surface area contributed by atoms with Crippen LogP contribution in [0.2, 0.25) is 0 Å². The molecule has 0 fully saturated rings. The van der Waals surface area contributed by atoms with Gasteiger partial charge in [0.15, 0.2) is 6.10 Å². The highest BCUT2D eigenvalue weighted by atomic mass is 16.6. The van der Waals surface area contributed by atoms with Crippen LogP contribution in [-0.2, 0) is 28.6 Å². The maximum atomic E-state index is 12.9. The van der Waals surface area contributed by atoms with E-state index in [1.54, 1.807) is 0 Å². The van der Waals surface area contributed by atoms with Gasteiger partial charge < -0.3 is 14.2 Å². The van der Waals surface area contributed by atoms with Crippen molar-refractivity contribution in [3.8, 4) is 0 Å². The second-order valence-corrected chi connectivity index (χ2v) is 20.6. The van der Waals surface area contributed by atoms with E-state index in [4.69, 9.17) is 14.2 Å². The molecule has 1 unspecified atom stereocenters. The monoisotopic (exact) mass is 1060 g/mol. The van der Waals surface area contributed by atoms with Gasteiger partial charge in [0.25, 0.3) is 0 Å². The number of unbranched alkanes of at least 4 members (excludes halogenated alkanes) is 23. The minimum absolute atomic E-state index is 0.0998. The molecular weight excluding hydrogens is 949 g/mol. The summed E-state index contributed by atoms with van der Waals surface area (Å²) in [5.74, 6) is -0.947. The summed E-state index contributed by atoms with van der Waals surface area (Å²) in [6.45, 7) is 6.44. The van der Waals surface area contributed by atoms with Gasteiger partial charge in [0.1, 0.15) is 13.2 Å². The highest BCUT2D eigenvalue weighted by Crippen LogP contribution is 2.14. The molecule has 0 bridgehead atoms. The van der Waals surface area contributed by atoms with Gasteiger partial charge in [-0.25, -0.2) is 0 Å². The summed E-state index contributed by atoms with van der Waals surface area (Å²) in [6.07, 6.45) is 90.1. The highest BCUT2D eigenvalue weighted by molar-refractivity contribution is 5.71. The zero-order valence-electron chi connectivity index (χ0n) is 49.9. The van der Waals surface area contributed by atoms with Crippen molar-refractivity contribution in [3.05, 3.63) is 134 Å². The van der Waals surface area contributed by atoms with E-state index in [9.17, 15) is 14.4 Å². The topological polar surface area (TPSA) is 78.9 Å². The van der Waals surface area contributed by atoms with Gasteiger partial charge in [0.05, 0.1) is 0 Å². The number of rotatable bonds is 56. The molecule has 0 rings (SSSR count). The minimum Gasteiger partial charge on any atom is -0.462 e. The molecule has 0 aliphatic rings. The van der Waals surface area contributed by atoms with Crippen LogP contribution in [0.4, 0.5) is 0 Å². The van der Waals surface area contributed by atoms with Crippen LogP contribution in [0.25, 0.3) is 0 Å². The van der Waals surface area contributed by atoms with Crippen molar-refractivity contribution in [1.82, 2.24) is 0 Å². The van der Waals surface area contributed by atoms with Crippen molar-refractivity contribution in [1.29, 1.82) is 0 Å². The van der Waals surface area contributed by atoms with E-state index in [-0.39, 0.29) is 31.1 Å². The van der Waals surface area contributed by atoms with Crippen LogP contribution < -0.4 is 0 Å². The summed E-state index contributed by atoms with van der Waals surface area (Å²) in [7, 11) is 0. The Hall–Kier alpha value is -4.45. The molecule has 6 nitrogen and oxygen atoms in total. The SMILES string of the molecule is CC/C=C\C/C=C\C/C=C\C/C=C\C/C=C\C/C=C\C/C=C\CCCCCC(=O)OCC(COC(=O)CCCCCCCCC/C=C\C/C=C\CCCCC)OC(=O)CCCCCCCCC/C=C\C/C=C\CCCCC. The van der Waals surface area contributed by atoms with Gasteiger partial charge in [0.2, 0.25) is 0 Å². The van der Waals surface area contributed by atoms with E-state index in [0.29, 0.717) is 19.3 Å². The van der Waals surface area contributed by atoms with E-state index in [1.807, 2.05) is 0 Å².